The molecule has 5 rings (SSSR count). The van der Waals surface area contributed by atoms with E-state index in [1.54, 1.807) is 60.7 Å². The van der Waals surface area contributed by atoms with Crippen molar-refractivity contribution in [2.45, 2.75) is 6.54 Å². The van der Waals surface area contributed by atoms with E-state index in [4.69, 9.17) is 4.74 Å². The van der Waals surface area contributed by atoms with Crippen LogP contribution in [0.15, 0.2) is 108 Å². The lowest BCUT2D eigenvalue weighted by Crippen LogP contribution is -2.30. The molecule has 5 aromatic rings. The molecule has 0 radical (unpaired) electrons. The van der Waals surface area contributed by atoms with Gasteiger partial charge in [-0.05, 0) is 54.6 Å². The van der Waals surface area contributed by atoms with Crippen LogP contribution in [0.5, 0.6) is 11.5 Å². The van der Waals surface area contributed by atoms with Gasteiger partial charge in [0.1, 0.15) is 18.1 Å². The van der Waals surface area contributed by atoms with Gasteiger partial charge in [0.15, 0.2) is 5.75 Å². The minimum atomic E-state index is -0.441. The lowest BCUT2D eigenvalue weighted by atomic mass is 10.1. The maximum atomic E-state index is 13.5. The van der Waals surface area contributed by atoms with Gasteiger partial charge in [0.25, 0.3) is 5.56 Å². The van der Waals surface area contributed by atoms with E-state index in [1.165, 1.54) is 12.1 Å². The highest BCUT2D eigenvalue weighted by Crippen LogP contribution is 2.29. The molecule has 1 heterocycles. The number of nitrogens with one attached hydrogen (secondary N) is 1. The maximum absolute atomic E-state index is 13.5. The Morgan fingerprint density at radius 2 is 1.49 bits per heavy atom. The van der Waals surface area contributed by atoms with Crippen molar-refractivity contribution >= 4 is 22.4 Å². The molecule has 0 unspecified atom stereocenters. The molecule has 1 aromatic heterocycles. The van der Waals surface area contributed by atoms with Gasteiger partial charge in [-0.3, -0.25) is 9.59 Å². The first-order valence-electron chi connectivity index (χ1n) is 11.0. The number of carbonyl (C=O) groups is 1. The third kappa shape index (κ3) is 4.79. The Kier molecular flexibility index (Phi) is 6.05. The predicted octanol–water partition coefficient (Wildman–Crippen LogP) is 5.63. The number of para-hydroxylation sites is 3. The van der Waals surface area contributed by atoms with Crippen molar-refractivity contribution in [1.82, 2.24) is 9.78 Å². The van der Waals surface area contributed by atoms with E-state index in [2.05, 4.69) is 10.4 Å². The molecule has 0 aliphatic heterocycles. The van der Waals surface area contributed by atoms with Gasteiger partial charge in [-0.25, -0.2) is 9.07 Å². The number of ether oxygens (including phenoxy) is 1. The summed E-state index contributed by atoms with van der Waals surface area (Å²) in [5, 5.41) is 8.32. The predicted molar refractivity (Wildman–Crippen MR) is 133 cm³/mol. The van der Waals surface area contributed by atoms with Gasteiger partial charge in [0, 0.05) is 10.9 Å². The van der Waals surface area contributed by atoms with Gasteiger partial charge in [-0.2, -0.15) is 5.10 Å². The van der Waals surface area contributed by atoms with E-state index in [0.29, 0.717) is 39.2 Å². The quantitative estimate of drug-likeness (QED) is 0.353. The fraction of sp³-hybridized carbons (Fsp3) is 0.0357. The summed E-state index contributed by atoms with van der Waals surface area (Å²) in [4.78, 5) is 26.0. The second-order valence-corrected chi connectivity index (χ2v) is 7.82. The normalized spacial score (nSPS) is 10.8. The largest absolute Gasteiger partial charge is 0.455 e. The minimum Gasteiger partial charge on any atom is -0.455 e. The van der Waals surface area contributed by atoms with Crippen LogP contribution >= 0.6 is 0 Å². The van der Waals surface area contributed by atoms with Crippen LogP contribution in [-0.2, 0) is 11.3 Å². The molecule has 0 aliphatic rings. The first kappa shape index (κ1) is 22.0. The van der Waals surface area contributed by atoms with E-state index in [1.807, 2.05) is 30.3 Å². The number of hydrogen-bond donors (Lipinski definition) is 1. The zero-order valence-corrected chi connectivity index (χ0v) is 18.5. The summed E-state index contributed by atoms with van der Waals surface area (Å²) in [5.41, 5.74) is 1.20. The summed E-state index contributed by atoms with van der Waals surface area (Å²) < 4.78 is 20.5. The highest BCUT2D eigenvalue weighted by molar-refractivity contribution is 5.95. The molecule has 0 aliphatic carbocycles. The number of halogens is 1. The second kappa shape index (κ2) is 9.61. The van der Waals surface area contributed by atoms with Crippen LogP contribution < -0.4 is 15.6 Å². The SMILES string of the molecule is O=C(Cn1nc(-c2ccc(F)cc2)c2ccccc2c1=O)Nc1ccccc1Oc1ccccc1. The topological polar surface area (TPSA) is 73.2 Å². The Morgan fingerprint density at radius 1 is 0.829 bits per heavy atom. The molecular weight excluding hydrogens is 445 g/mol. The molecule has 1 amide bonds. The zero-order chi connectivity index (χ0) is 24.2. The fourth-order valence-corrected chi connectivity index (χ4v) is 3.76. The highest BCUT2D eigenvalue weighted by atomic mass is 19.1. The van der Waals surface area contributed by atoms with Crippen molar-refractivity contribution < 1.29 is 13.9 Å². The number of rotatable bonds is 6. The van der Waals surface area contributed by atoms with Crippen molar-refractivity contribution in [2.75, 3.05) is 5.32 Å². The van der Waals surface area contributed by atoms with Gasteiger partial charge in [-0.1, -0.05) is 48.5 Å². The Balaban J connectivity index is 1.46. The second-order valence-electron chi connectivity index (χ2n) is 7.82. The molecule has 0 spiro atoms. The number of nitrogens with zero attached hydrogens (tertiary/aromatic N) is 2. The third-order valence-corrected chi connectivity index (χ3v) is 5.41. The van der Waals surface area contributed by atoms with Crippen LogP contribution in [0.2, 0.25) is 0 Å². The Morgan fingerprint density at radius 3 is 2.26 bits per heavy atom. The first-order valence-corrected chi connectivity index (χ1v) is 11.0. The Bertz CT molecular complexity index is 1560. The van der Waals surface area contributed by atoms with Gasteiger partial charge < -0.3 is 10.1 Å². The molecule has 4 aromatic carbocycles. The van der Waals surface area contributed by atoms with Crippen molar-refractivity contribution in [3.63, 3.8) is 0 Å². The fourth-order valence-electron chi connectivity index (χ4n) is 3.76. The summed E-state index contributed by atoms with van der Waals surface area (Å²) in [7, 11) is 0. The van der Waals surface area contributed by atoms with Gasteiger partial charge in [0.2, 0.25) is 5.91 Å². The summed E-state index contributed by atoms with van der Waals surface area (Å²) in [6.45, 7) is -0.308. The molecule has 7 heteroatoms. The van der Waals surface area contributed by atoms with E-state index in [9.17, 15) is 14.0 Å². The summed E-state index contributed by atoms with van der Waals surface area (Å²) >= 11 is 0. The van der Waals surface area contributed by atoms with E-state index >= 15 is 0 Å². The molecule has 172 valence electrons. The first-order chi connectivity index (χ1) is 17.1. The standard InChI is InChI=1S/C28H20FN3O3/c29-20-16-14-19(15-17-20)27-22-10-4-5-11-23(22)28(34)32(31-27)18-26(33)30-24-12-6-7-13-25(24)35-21-8-2-1-3-9-21/h1-17H,18H2,(H,30,33). The monoisotopic (exact) mass is 465 g/mol. The number of aromatic nitrogens is 2. The van der Waals surface area contributed by atoms with Crippen LogP contribution in [-0.4, -0.2) is 15.7 Å². The van der Waals surface area contributed by atoms with Crippen molar-refractivity contribution in [1.29, 1.82) is 0 Å². The molecule has 0 saturated carbocycles. The van der Waals surface area contributed by atoms with Crippen LogP contribution in [0.25, 0.3) is 22.0 Å². The highest BCUT2D eigenvalue weighted by Gasteiger charge is 2.15. The number of amides is 1. The number of hydrogen-bond acceptors (Lipinski definition) is 4. The number of carbonyl (C=O) groups excluding carboxylic acids is 1. The molecule has 1 N–H and O–H groups in total. The molecule has 0 fully saturated rings. The van der Waals surface area contributed by atoms with Crippen molar-refractivity contribution in [3.05, 3.63) is 119 Å². The molecule has 0 bridgehead atoms. The molecule has 35 heavy (non-hydrogen) atoms. The molecule has 0 saturated heterocycles. The van der Waals surface area contributed by atoms with Crippen LogP contribution in [0, 0.1) is 5.82 Å². The van der Waals surface area contributed by atoms with Gasteiger partial charge in [-0.15, -0.1) is 0 Å². The van der Waals surface area contributed by atoms with Gasteiger partial charge in [0.05, 0.1) is 16.8 Å². The third-order valence-electron chi connectivity index (χ3n) is 5.41. The van der Waals surface area contributed by atoms with Crippen molar-refractivity contribution in [3.8, 4) is 22.8 Å². The molecular formula is C28H20FN3O3. The van der Waals surface area contributed by atoms with E-state index in [-0.39, 0.29) is 12.4 Å². The number of fused-ring (bicyclic) bond motifs is 1. The Labute approximate surface area is 200 Å². The average molecular weight is 465 g/mol. The van der Waals surface area contributed by atoms with Crippen LogP contribution in [0.3, 0.4) is 0 Å². The van der Waals surface area contributed by atoms with Crippen LogP contribution in [0.4, 0.5) is 10.1 Å². The average Bonchev–Trinajstić information content (AvgIpc) is 2.88. The minimum absolute atomic E-state index is 0.308. The lowest BCUT2D eigenvalue weighted by molar-refractivity contribution is -0.117. The van der Waals surface area contributed by atoms with Crippen molar-refractivity contribution in [2.24, 2.45) is 0 Å². The Hall–Kier alpha value is -4.78. The summed E-state index contributed by atoms with van der Waals surface area (Å²) in [5.74, 6) is 0.287. The number of benzene rings is 4. The maximum Gasteiger partial charge on any atom is 0.275 e. The molecule has 0 atom stereocenters. The lowest BCUT2D eigenvalue weighted by Gasteiger charge is -2.14. The zero-order valence-electron chi connectivity index (χ0n) is 18.5. The smallest absolute Gasteiger partial charge is 0.275 e. The summed E-state index contributed by atoms with van der Waals surface area (Å²) in [6, 6.07) is 29.1. The van der Waals surface area contributed by atoms with E-state index in [0.717, 1.165) is 4.68 Å². The van der Waals surface area contributed by atoms with E-state index < -0.39 is 11.5 Å². The van der Waals surface area contributed by atoms with Crippen LogP contribution in [0.1, 0.15) is 0 Å². The number of anilines is 1. The van der Waals surface area contributed by atoms with Gasteiger partial charge >= 0.3 is 0 Å². The summed E-state index contributed by atoms with van der Waals surface area (Å²) in [6.07, 6.45) is 0. The molecule has 6 nitrogen and oxygen atoms in total.